The molecule has 2 aromatic heterocycles. The van der Waals surface area contributed by atoms with Crippen LogP contribution in [0.15, 0.2) is 30.7 Å². The number of nitrogens with one attached hydrogen (secondary N) is 1. The fraction of sp³-hybridized carbons (Fsp3) is 0.438. The molecule has 0 aromatic carbocycles. The van der Waals surface area contributed by atoms with Gasteiger partial charge in [-0.15, -0.1) is 0 Å². The summed E-state index contributed by atoms with van der Waals surface area (Å²) < 4.78 is 6.91. The van der Waals surface area contributed by atoms with Gasteiger partial charge in [0.05, 0.1) is 25.0 Å². The average molecular weight is 318 g/mol. The topological polar surface area (TPSA) is 89.3 Å². The zero-order valence-electron chi connectivity index (χ0n) is 13.6. The molecule has 0 saturated heterocycles. The van der Waals surface area contributed by atoms with E-state index in [-0.39, 0.29) is 6.61 Å². The molecule has 0 aliphatic carbocycles. The van der Waals surface area contributed by atoms with Crippen molar-refractivity contribution in [2.75, 3.05) is 6.54 Å². The Morgan fingerprint density at radius 3 is 2.70 bits per heavy atom. The first kappa shape index (κ1) is 17.0. The van der Waals surface area contributed by atoms with Gasteiger partial charge in [-0.1, -0.05) is 6.07 Å². The quantitative estimate of drug-likeness (QED) is 0.879. The summed E-state index contributed by atoms with van der Waals surface area (Å²) in [5, 5.41) is 15.9. The third-order valence-electron chi connectivity index (χ3n) is 2.96. The molecule has 0 radical (unpaired) electrons. The molecule has 7 nitrogen and oxygen atoms in total. The highest BCUT2D eigenvalue weighted by Gasteiger charge is 2.15. The Bertz CT molecular complexity index is 644. The minimum absolute atomic E-state index is 0.0735. The van der Waals surface area contributed by atoms with E-state index in [1.165, 1.54) is 0 Å². The van der Waals surface area contributed by atoms with Crippen LogP contribution in [0.4, 0.5) is 4.79 Å². The average Bonchev–Trinajstić information content (AvgIpc) is 2.94. The fourth-order valence-electron chi connectivity index (χ4n) is 1.91. The molecular weight excluding hydrogens is 296 g/mol. The van der Waals surface area contributed by atoms with Gasteiger partial charge >= 0.3 is 6.09 Å². The number of amides is 1. The lowest BCUT2D eigenvalue weighted by molar-refractivity contribution is 0.0525. The summed E-state index contributed by atoms with van der Waals surface area (Å²) in [7, 11) is 0. The first-order valence-corrected chi connectivity index (χ1v) is 7.43. The Balaban J connectivity index is 1.86. The SMILES string of the molecule is CC(C)(C)OC(=O)NCCn1cc(-c2ccc(CO)nc2)cn1. The Morgan fingerprint density at radius 1 is 1.30 bits per heavy atom. The van der Waals surface area contributed by atoms with E-state index in [9.17, 15) is 4.79 Å². The summed E-state index contributed by atoms with van der Waals surface area (Å²) in [4.78, 5) is 15.7. The lowest BCUT2D eigenvalue weighted by Crippen LogP contribution is -2.34. The predicted octanol–water partition coefficient (Wildman–Crippen LogP) is 1.96. The number of carbonyl (C=O) groups is 1. The van der Waals surface area contributed by atoms with Gasteiger partial charge in [0.2, 0.25) is 0 Å². The van der Waals surface area contributed by atoms with E-state index in [2.05, 4.69) is 15.4 Å². The van der Waals surface area contributed by atoms with Crippen molar-refractivity contribution in [1.82, 2.24) is 20.1 Å². The van der Waals surface area contributed by atoms with E-state index in [0.717, 1.165) is 11.1 Å². The molecule has 23 heavy (non-hydrogen) atoms. The summed E-state index contributed by atoms with van der Waals surface area (Å²) in [6, 6.07) is 3.66. The van der Waals surface area contributed by atoms with E-state index >= 15 is 0 Å². The second kappa shape index (κ2) is 7.23. The highest BCUT2D eigenvalue weighted by molar-refractivity contribution is 5.67. The van der Waals surface area contributed by atoms with E-state index in [0.29, 0.717) is 18.8 Å². The number of nitrogens with zero attached hydrogens (tertiary/aromatic N) is 3. The minimum Gasteiger partial charge on any atom is -0.444 e. The first-order valence-electron chi connectivity index (χ1n) is 7.43. The van der Waals surface area contributed by atoms with Gasteiger partial charge in [0.1, 0.15) is 5.60 Å². The Hall–Kier alpha value is -2.41. The Morgan fingerprint density at radius 2 is 2.09 bits per heavy atom. The molecule has 124 valence electrons. The van der Waals surface area contributed by atoms with Crippen molar-refractivity contribution in [3.8, 4) is 11.1 Å². The molecule has 0 unspecified atom stereocenters. The normalized spacial score (nSPS) is 11.3. The summed E-state index contributed by atoms with van der Waals surface area (Å²) in [6.07, 6.45) is 4.88. The van der Waals surface area contributed by atoms with Crippen molar-refractivity contribution in [3.05, 3.63) is 36.4 Å². The van der Waals surface area contributed by atoms with Crippen molar-refractivity contribution in [1.29, 1.82) is 0 Å². The monoisotopic (exact) mass is 318 g/mol. The number of aromatic nitrogens is 3. The van der Waals surface area contributed by atoms with Crippen molar-refractivity contribution in [2.24, 2.45) is 0 Å². The maximum absolute atomic E-state index is 11.5. The van der Waals surface area contributed by atoms with Crippen molar-refractivity contribution in [2.45, 2.75) is 39.5 Å². The van der Waals surface area contributed by atoms with Crippen LogP contribution in [0.3, 0.4) is 0 Å². The summed E-state index contributed by atoms with van der Waals surface area (Å²) in [5.41, 5.74) is 1.98. The molecule has 0 spiro atoms. The molecule has 0 saturated carbocycles. The molecule has 2 N–H and O–H groups in total. The van der Waals surface area contributed by atoms with Crippen LogP contribution in [0.5, 0.6) is 0 Å². The number of pyridine rings is 1. The molecule has 0 bridgehead atoms. The number of hydrogen-bond acceptors (Lipinski definition) is 5. The molecule has 0 fully saturated rings. The van der Waals surface area contributed by atoms with Crippen LogP contribution in [-0.2, 0) is 17.9 Å². The van der Waals surface area contributed by atoms with E-state index < -0.39 is 11.7 Å². The van der Waals surface area contributed by atoms with Crippen LogP contribution < -0.4 is 5.32 Å². The van der Waals surface area contributed by atoms with Crippen LogP contribution in [0, 0.1) is 0 Å². The first-order chi connectivity index (χ1) is 10.9. The third kappa shape index (κ3) is 5.37. The maximum Gasteiger partial charge on any atom is 0.407 e. The number of rotatable bonds is 5. The zero-order chi connectivity index (χ0) is 16.9. The van der Waals surface area contributed by atoms with Gasteiger partial charge in [-0.3, -0.25) is 9.67 Å². The smallest absolute Gasteiger partial charge is 0.407 e. The van der Waals surface area contributed by atoms with E-state index in [1.54, 1.807) is 23.1 Å². The minimum atomic E-state index is -0.503. The van der Waals surface area contributed by atoms with Crippen molar-refractivity contribution < 1.29 is 14.6 Å². The Kier molecular flexibility index (Phi) is 5.33. The van der Waals surface area contributed by atoms with Crippen LogP contribution in [0.2, 0.25) is 0 Å². The van der Waals surface area contributed by atoms with Gasteiger partial charge < -0.3 is 15.2 Å². The molecule has 0 aliphatic rings. The summed E-state index contributed by atoms with van der Waals surface area (Å²) in [6.45, 7) is 6.36. The number of aliphatic hydroxyl groups excluding tert-OH is 1. The molecule has 2 rings (SSSR count). The van der Waals surface area contributed by atoms with Crippen LogP contribution >= 0.6 is 0 Å². The number of alkyl carbamates (subject to hydrolysis) is 1. The summed E-state index contributed by atoms with van der Waals surface area (Å²) >= 11 is 0. The van der Waals surface area contributed by atoms with Gasteiger partial charge in [0.25, 0.3) is 0 Å². The maximum atomic E-state index is 11.5. The highest BCUT2D eigenvalue weighted by atomic mass is 16.6. The number of carbonyl (C=O) groups excluding carboxylic acids is 1. The predicted molar refractivity (Wildman–Crippen MR) is 85.6 cm³/mol. The lowest BCUT2D eigenvalue weighted by atomic mass is 10.1. The largest absolute Gasteiger partial charge is 0.444 e. The molecule has 0 atom stereocenters. The van der Waals surface area contributed by atoms with Crippen LogP contribution in [-0.4, -0.2) is 38.1 Å². The molecule has 0 aliphatic heterocycles. The molecule has 7 heteroatoms. The standard InChI is InChI=1S/C16H22N4O3/c1-16(2,3)23-15(22)17-6-7-20-10-13(9-19-20)12-4-5-14(11-21)18-8-12/h4-5,8-10,21H,6-7,11H2,1-3H3,(H,17,22). The van der Waals surface area contributed by atoms with Gasteiger partial charge in [-0.25, -0.2) is 4.79 Å². The van der Waals surface area contributed by atoms with Crippen molar-refractivity contribution >= 4 is 6.09 Å². The molecule has 1 amide bonds. The molecule has 2 aromatic rings. The van der Waals surface area contributed by atoms with E-state index in [1.807, 2.05) is 33.0 Å². The number of ether oxygens (including phenoxy) is 1. The Labute approximate surface area is 135 Å². The number of aliphatic hydroxyl groups is 1. The van der Waals surface area contributed by atoms with Crippen LogP contribution in [0.25, 0.3) is 11.1 Å². The van der Waals surface area contributed by atoms with Gasteiger partial charge in [-0.2, -0.15) is 5.10 Å². The van der Waals surface area contributed by atoms with Gasteiger partial charge in [0.15, 0.2) is 0 Å². The lowest BCUT2D eigenvalue weighted by Gasteiger charge is -2.19. The van der Waals surface area contributed by atoms with E-state index in [4.69, 9.17) is 9.84 Å². The van der Waals surface area contributed by atoms with Crippen LogP contribution in [0.1, 0.15) is 26.5 Å². The van der Waals surface area contributed by atoms with Gasteiger partial charge in [0, 0.05) is 30.1 Å². The summed E-state index contributed by atoms with van der Waals surface area (Å²) in [5.74, 6) is 0. The second-order valence-corrected chi connectivity index (χ2v) is 6.12. The zero-order valence-corrected chi connectivity index (χ0v) is 13.6. The molecule has 2 heterocycles. The second-order valence-electron chi connectivity index (χ2n) is 6.12. The van der Waals surface area contributed by atoms with Gasteiger partial charge in [-0.05, 0) is 26.8 Å². The van der Waals surface area contributed by atoms with Crippen molar-refractivity contribution in [3.63, 3.8) is 0 Å². The molecular formula is C16H22N4O3. The fourth-order valence-corrected chi connectivity index (χ4v) is 1.91. The highest BCUT2D eigenvalue weighted by Crippen LogP contribution is 2.17. The third-order valence-corrected chi connectivity index (χ3v) is 2.96. The number of hydrogen-bond donors (Lipinski definition) is 2.